The van der Waals surface area contributed by atoms with E-state index in [4.69, 9.17) is 14.2 Å². The van der Waals surface area contributed by atoms with E-state index >= 15 is 0 Å². The highest BCUT2D eigenvalue weighted by Gasteiger charge is 2.23. The standard InChI is InChI=1S/C23H23NO5S/c1-14-8-9-15(2)18(10-14)19-13-30-22(21(19)23(26)28-4)24-20(25)12-29-17-7-5-6-16(11-17)27-3/h5-11,13H,12H2,1-4H3,(H,24,25). The van der Waals surface area contributed by atoms with Gasteiger partial charge in [-0.2, -0.15) is 0 Å². The third-order valence-corrected chi connectivity index (χ3v) is 5.42. The minimum absolute atomic E-state index is 0.204. The molecule has 0 aliphatic carbocycles. The van der Waals surface area contributed by atoms with Crippen molar-refractivity contribution in [3.8, 4) is 22.6 Å². The van der Waals surface area contributed by atoms with Crippen LogP contribution < -0.4 is 14.8 Å². The van der Waals surface area contributed by atoms with Crippen LogP contribution in [0.1, 0.15) is 21.5 Å². The number of nitrogens with one attached hydrogen (secondary N) is 1. The van der Waals surface area contributed by atoms with Crippen molar-refractivity contribution >= 4 is 28.2 Å². The highest BCUT2D eigenvalue weighted by Crippen LogP contribution is 2.38. The number of carbonyl (C=O) groups excluding carboxylic acids is 2. The van der Waals surface area contributed by atoms with Crippen molar-refractivity contribution in [2.75, 3.05) is 26.1 Å². The van der Waals surface area contributed by atoms with Crippen LogP contribution in [0, 0.1) is 13.8 Å². The Kier molecular flexibility index (Phi) is 6.74. The Morgan fingerprint density at radius 2 is 1.77 bits per heavy atom. The Morgan fingerprint density at radius 1 is 1.00 bits per heavy atom. The molecule has 0 unspecified atom stereocenters. The molecule has 0 atom stereocenters. The van der Waals surface area contributed by atoms with Crippen LogP contribution in [-0.2, 0) is 9.53 Å². The lowest BCUT2D eigenvalue weighted by atomic mass is 9.97. The van der Waals surface area contributed by atoms with E-state index in [2.05, 4.69) is 5.32 Å². The molecule has 6 nitrogen and oxygen atoms in total. The summed E-state index contributed by atoms with van der Waals surface area (Å²) in [6, 6.07) is 13.0. The van der Waals surface area contributed by atoms with E-state index in [0.717, 1.165) is 22.3 Å². The van der Waals surface area contributed by atoms with Gasteiger partial charge in [0.15, 0.2) is 6.61 Å². The lowest BCUT2D eigenvalue weighted by Gasteiger charge is -2.11. The van der Waals surface area contributed by atoms with Gasteiger partial charge in [0, 0.05) is 17.0 Å². The van der Waals surface area contributed by atoms with Gasteiger partial charge in [0.1, 0.15) is 22.1 Å². The molecule has 156 valence electrons. The SMILES string of the molecule is COC(=O)c1c(-c2cc(C)ccc2C)csc1NC(=O)COc1cccc(OC)c1. The second-order valence-electron chi connectivity index (χ2n) is 6.68. The Bertz CT molecular complexity index is 1070. The zero-order valence-corrected chi connectivity index (χ0v) is 18.1. The summed E-state index contributed by atoms with van der Waals surface area (Å²) in [7, 11) is 2.88. The van der Waals surface area contributed by atoms with Crippen LogP contribution >= 0.6 is 11.3 Å². The van der Waals surface area contributed by atoms with E-state index < -0.39 is 5.97 Å². The molecule has 0 saturated carbocycles. The molecule has 0 aliphatic rings. The first-order chi connectivity index (χ1) is 14.4. The lowest BCUT2D eigenvalue weighted by Crippen LogP contribution is -2.21. The van der Waals surface area contributed by atoms with Crippen LogP contribution in [0.2, 0.25) is 0 Å². The number of methoxy groups -OCH3 is 2. The maximum atomic E-state index is 12.5. The van der Waals surface area contributed by atoms with Crippen molar-refractivity contribution < 1.29 is 23.8 Å². The largest absolute Gasteiger partial charge is 0.497 e. The number of rotatable bonds is 7. The predicted octanol–water partition coefficient (Wildman–Crippen LogP) is 4.84. The molecular formula is C23H23NO5S. The van der Waals surface area contributed by atoms with Gasteiger partial charge in [-0.05, 0) is 37.1 Å². The predicted molar refractivity (Wildman–Crippen MR) is 118 cm³/mol. The van der Waals surface area contributed by atoms with Crippen molar-refractivity contribution in [2.24, 2.45) is 0 Å². The number of aryl methyl sites for hydroxylation is 2. The number of hydrogen-bond acceptors (Lipinski definition) is 6. The lowest BCUT2D eigenvalue weighted by molar-refractivity contribution is -0.118. The van der Waals surface area contributed by atoms with Crippen molar-refractivity contribution in [2.45, 2.75) is 13.8 Å². The van der Waals surface area contributed by atoms with E-state index in [1.165, 1.54) is 18.4 Å². The first kappa shape index (κ1) is 21.4. The molecular weight excluding hydrogens is 402 g/mol. The zero-order valence-electron chi connectivity index (χ0n) is 17.3. The first-order valence-electron chi connectivity index (χ1n) is 9.27. The molecule has 30 heavy (non-hydrogen) atoms. The summed E-state index contributed by atoms with van der Waals surface area (Å²) in [5.41, 5.74) is 4.11. The fourth-order valence-corrected chi connectivity index (χ4v) is 3.95. The van der Waals surface area contributed by atoms with Crippen molar-refractivity contribution in [3.63, 3.8) is 0 Å². The van der Waals surface area contributed by atoms with Gasteiger partial charge in [0.05, 0.1) is 14.2 Å². The molecule has 0 aliphatic heterocycles. The number of benzene rings is 2. The number of ether oxygens (including phenoxy) is 3. The highest BCUT2D eigenvalue weighted by molar-refractivity contribution is 7.15. The summed E-state index contributed by atoms with van der Waals surface area (Å²) in [5.74, 6) is 0.269. The zero-order chi connectivity index (χ0) is 21.7. The third-order valence-electron chi connectivity index (χ3n) is 4.53. The molecule has 0 saturated heterocycles. The number of esters is 1. The van der Waals surface area contributed by atoms with E-state index in [0.29, 0.717) is 22.1 Å². The Balaban J connectivity index is 1.81. The maximum absolute atomic E-state index is 12.5. The van der Waals surface area contributed by atoms with Gasteiger partial charge < -0.3 is 19.5 Å². The minimum atomic E-state index is -0.504. The maximum Gasteiger partial charge on any atom is 0.341 e. The van der Waals surface area contributed by atoms with Gasteiger partial charge >= 0.3 is 5.97 Å². The van der Waals surface area contributed by atoms with E-state index in [-0.39, 0.29) is 12.5 Å². The fraction of sp³-hybridized carbons (Fsp3) is 0.217. The minimum Gasteiger partial charge on any atom is -0.497 e. The van der Waals surface area contributed by atoms with Gasteiger partial charge in [0.25, 0.3) is 5.91 Å². The molecule has 1 heterocycles. The summed E-state index contributed by atoms with van der Waals surface area (Å²) >= 11 is 1.28. The Labute approximate surface area is 179 Å². The second-order valence-corrected chi connectivity index (χ2v) is 7.56. The summed E-state index contributed by atoms with van der Waals surface area (Å²) < 4.78 is 15.7. The average Bonchev–Trinajstić information content (AvgIpc) is 3.16. The normalized spacial score (nSPS) is 10.4. The van der Waals surface area contributed by atoms with E-state index in [9.17, 15) is 9.59 Å². The number of thiophene rings is 1. The van der Waals surface area contributed by atoms with Crippen molar-refractivity contribution in [1.82, 2.24) is 0 Å². The molecule has 0 radical (unpaired) electrons. The first-order valence-corrected chi connectivity index (χ1v) is 10.1. The summed E-state index contributed by atoms with van der Waals surface area (Å²) in [5, 5.41) is 5.05. The molecule has 0 fully saturated rings. The van der Waals surface area contributed by atoms with Gasteiger partial charge in [-0.1, -0.05) is 29.8 Å². The number of anilines is 1. The number of hydrogen-bond donors (Lipinski definition) is 1. The van der Waals surface area contributed by atoms with E-state index in [1.54, 1.807) is 31.4 Å². The molecule has 7 heteroatoms. The molecule has 3 aromatic rings. The Hall–Kier alpha value is -3.32. The molecule has 1 aromatic heterocycles. The quantitative estimate of drug-likeness (QED) is 0.548. The molecule has 1 amide bonds. The molecule has 0 spiro atoms. The molecule has 3 rings (SSSR count). The Morgan fingerprint density at radius 3 is 2.50 bits per heavy atom. The van der Waals surface area contributed by atoms with Gasteiger partial charge in [0.2, 0.25) is 0 Å². The van der Waals surface area contributed by atoms with Crippen molar-refractivity contribution in [3.05, 3.63) is 64.5 Å². The smallest absolute Gasteiger partial charge is 0.341 e. The number of amides is 1. The summed E-state index contributed by atoms with van der Waals surface area (Å²) in [6.45, 7) is 3.77. The molecule has 2 aromatic carbocycles. The van der Waals surface area contributed by atoms with Crippen LogP contribution in [0.3, 0.4) is 0 Å². The molecule has 0 bridgehead atoms. The van der Waals surface area contributed by atoms with Crippen LogP contribution in [-0.4, -0.2) is 32.7 Å². The van der Waals surface area contributed by atoms with Gasteiger partial charge in [-0.25, -0.2) is 4.79 Å². The van der Waals surface area contributed by atoms with Crippen molar-refractivity contribution in [1.29, 1.82) is 0 Å². The third kappa shape index (κ3) is 4.80. The van der Waals surface area contributed by atoms with Crippen LogP contribution in [0.5, 0.6) is 11.5 Å². The van der Waals surface area contributed by atoms with E-state index in [1.807, 2.05) is 37.4 Å². The summed E-state index contributed by atoms with van der Waals surface area (Å²) in [6.07, 6.45) is 0. The van der Waals surface area contributed by atoms with Crippen LogP contribution in [0.15, 0.2) is 47.8 Å². The van der Waals surface area contributed by atoms with Gasteiger partial charge in [-0.15, -0.1) is 11.3 Å². The van der Waals surface area contributed by atoms with Gasteiger partial charge in [-0.3, -0.25) is 4.79 Å². The highest BCUT2D eigenvalue weighted by atomic mass is 32.1. The number of carbonyl (C=O) groups is 2. The van der Waals surface area contributed by atoms with Crippen LogP contribution in [0.25, 0.3) is 11.1 Å². The second kappa shape index (κ2) is 9.45. The van der Waals surface area contributed by atoms with Crippen LogP contribution in [0.4, 0.5) is 5.00 Å². The fourth-order valence-electron chi connectivity index (χ4n) is 2.98. The molecule has 1 N–H and O–H groups in total. The summed E-state index contributed by atoms with van der Waals surface area (Å²) in [4.78, 5) is 25.0. The topological polar surface area (TPSA) is 73.9 Å². The average molecular weight is 426 g/mol. The monoisotopic (exact) mass is 425 g/mol.